The first-order valence-corrected chi connectivity index (χ1v) is 6.22. The second kappa shape index (κ2) is 5.35. The molecule has 0 fully saturated rings. The second-order valence-electron chi connectivity index (χ2n) is 4.44. The summed E-state index contributed by atoms with van der Waals surface area (Å²) in [6.45, 7) is 4.89. The highest BCUT2D eigenvalue weighted by atomic mass is 16.6. The molecule has 1 aliphatic rings. The van der Waals surface area contributed by atoms with Gasteiger partial charge in [0.2, 0.25) is 0 Å². The first-order chi connectivity index (χ1) is 8.67. The van der Waals surface area contributed by atoms with Crippen LogP contribution in [-0.4, -0.2) is 36.6 Å². The molecule has 5 heteroatoms. The van der Waals surface area contributed by atoms with Crippen molar-refractivity contribution in [2.24, 2.45) is 0 Å². The van der Waals surface area contributed by atoms with E-state index >= 15 is 0 Å². The Morgan fingerprint density at radius 3 is 2.56 bits per heavy atom. The third-order valence-electron chi connectivity index (χ3n) is 3.58. The summed E-state index contributed by atoms with van der Waals surface area (Å²) in [6, 6.07) is 3.26. The van der Waals surface area contributed by atoms with Crippen molar-refractivity contribution in [2.75, 3.05) is 26.7 Å². The lowest BCUT2D eigenvalue weighted by Gasteiger charge is -2.16. The summed E-state index contributed by atoms with van der Waals surface area (Å²) in [4.78, 5) is 13.1. The fraction of sp³-hybridized carbons (Fsp3) is 0.538. The average Bonchev–Trinajstić information content (AvgIpc) is 2.59. The summed E-state index contributed by atoms with van der Waals surface area (Å²) in [7, 11) is 1.62. The van der Waals surface area contributed by atoms with E-state index in [0.29, 0.717) is 0 Å². The molecule has 0 saturated carbocycles. The van der Waals surface area contributed by atoms with Crippen LogP contribution in [0.4, 0.5) is 5.69 Å². The summed E-state index contributed by atoms with van der Waals surface area (Å²) >= 11 is 0. The quantitative estimate of drug-likeness (QED) is 0.608. The van der Waals surface area contributed by atoms with E-state index in [1.807, 2.05) is 0 Å². The van der Waals surface area contributed by atoms with Gasteiger partial charge in [0, 0.05) is 30.3 Å². The van der Waals surface area contributed by atoms with Gasteiger partial charge in [-0.3, -0.25) is 10.1 Å². The highest BCUT2D eigenvalue weighted by Crippen LogP contribution is 2.32. The van der Waals surface area contributed by atoms with Crippen LogP contribution in [0.3, 0.4) is 0 Å². The van der Waals surface area contributed by atoms with Crippen LogP contribution in [0.15, 0.2) is 12.1 Å². The molecule has 5 nitrogen and oxygen atoms in total. The third-order valence-corrected chi connectivity index (χ3v) is 3.58. The number of hydrogen-bond donors (Lipinski definition) is 0. The predicted octanol–water partition coefficient (Wildman–Crippen LogP) is 2.02. The summed E-state index contributed by atoms with van der Waals surface area (Å²) in [6.07, 6.45) is 1.53. The van der Waals surface area contributed by atoms with Crippen molar-refractivity contribution in [3.63, 3.8) is 0 Å². The van der Waals surface area contributed by atoms with Gasteiger partial charge in [-0.15, -0.1) is 0 Å². The molecule has 1 aromatic carbocycles. The zero-order valence-corrected chi connectivity index (χ0v) is 10.8. The number of hydrogen-bond acceptors (Lipinski definition) is 4. The highest BCUT2D eigenvalue weighted by Gasteiger charge is 2.24. The predicted molar refractivity (Wildman–Crippen MR) is 69.2 cm³/mol. The number of ether oxygens (including phenoxy) is 1. The van der Waals surface area contributed by atoms with Crippen molar-refractivity contribution in [2.45, 2.75) is 19.8 Å². The molecule has 0 spiro atoms. The van der Waals surface area contributed by atoms with Gasteiger partial charge in [0.15, 0.2) is 0 Å². The number of benzene rings is 1. The highest BCUT2D eigenvalue weighted by molar-refractivity contribution is 5.53. The molecule has 0 amide bonds. The average molecular weight is 250 g/mol. The maximum Gasteiger partial charge on any atom is 0.273 e. The Bertz CT molecular complexity index is 460. The van der Waals surface area contributed by atoms with E-state index in [9.17, 15) is 10.1 Å². The van der Waals surface area contributed by atoms with Crippen molar-refractivity contribution >= 4 is 5.69 Å². The van der Waals surface area contributed by atoms with Crippen molar-refractivity contribution in [3.05, 3.63) is 33.4 Å². The van der Waals surface area contributed by atoms with Crippen molar-refractivity contribution in [3.8, 4) is 5.75 Å². The fourth-order valence-corrected chi connectivity index (χ4v) is 2.54. The van der Waals surface area contributed by atoms with Gasteiger partial charge >= 0.3 is 0 Å². The smallest absolute Gasteiger partial charge is 0.273 e. The molecule has 0 bridgehead atoms. The molecule has 0 N–H and O–H groups in total. The van der Waals surface area contributed by atoms with Crippen molar-refractivity contribution in [1.29, 1.82) is 0 Å². The second-order valence-corrected chi connectivity index (χ2v) is 4.44. The fourth-order valence-electron chi connectivity index (χ4n) is 2.54. The number of nitro groups is 1. The Kier molecular flexibility index (Phi) is 3.81. The van der Waals surface area contributed by atoms with Crippen molar-refractivity contribution in [1.82, 2.24) is 4.90 Å². The summed E-state index contributed by atoms with van der Waals surface area (Å²) < 4.78 is 5.33. The lowest BCUT2D eigenvalue weighted by atomic mass is 10.00. The number of nitro benzene ring substituents is 1. The molecular weight excluding hydrogens is 232 g/mol. The molecule has 1 aliphatic heterocycles. The van der Waals surface area contributed by atoms with E-state index in [1.54, 1.807) is 19.2 Å². The zero-order chi connectivity index (χ0) is 13.1. The Morgan fingerprint density at radius 2 is 2.00 bits per heavy atom. The molecule has 2 rings (SSSR count). The minimum atomic E-state index is -0.292. The lowest BCUT2D eigenvalue weighted by molar-refractivity contribution is -0.385. The van der Waals surface area contributed by atoms with Crippen LogP contribution in [0.5, 0.6) is 5.75 Å². The number of methoxy groups -OCH3 is 1. The molecule has 1 heterocycles. The van der Waals surface area contributed by atoms with Crippen LogP contribution in [0.2, 0.25) is 0 Å². The number of likely N-dealkylation sites (N-methyl/N-ethyl adjacent to an activating group) is 1. The minimum Gasteiger partial charge on any atom is -0.496 e. The molecule has 0 unspecified atom stereocenters. The van der Waals surface area contributed by atoms with Gasteiger partial charge in [-0.25, -0.2) is 0 Å². The normalized spacial score (nSPS) is 15.9. The molecular formula is C13H18N2O3. The van der Waals surface area contributed by atoms with Crippen LogP contribution in [0.25, 0.3) is 0 Å². The standard InChI is InChI=1S/C13H18N2O3/c1-3-14-8-6-10-11(7-9-14)13(18-2)5-4-12(10)15(16)17/h4-5H,3,6-9H2,1-2H3. The molecule has 0 aliphatic carbocycles. The van der Waals surface area contributed by atoms with Gasteiger partial charge in [0.1, 0.15) is 5.75 Å². The van der Waals surface area contributed by atoms with Gasteiger partial charge in [0.25, 0.3) is 5.69 Å². The Labute approximate surface area is 107 Å². The number of nitrogens with zero attached hydrogens (tertiary/aromatic N) is 2. The Balaban J connectivity index is 2.45. The molecule has 0 aromatic heterocycles. The van der Waals surface area contributed by atoms with Crippen LogP contribution in [0, 0.1) is 10.1 Å². The van der Waals surface area contributed by atoms with E-state index in [2.05, 4.69) is 11.8 Å². The first kappa shape index (κ1) is 12.8. The summed E-state index contributed by atoms with van der Waals surface area (Å²) in [5.74, 6) is 0.772. The van der Waals surface area contributed by atoms with Gasteiger partial charge in [-0.1, -0.05) is 6.92 Å². The van der Waals surface area contributed by atoms with Crippen LogP contribution >= 0.6 is 0 Å². The summed E-state index contributed by atoms with van der Waals surface area (Å²) in [5, 5.41) is 11.1. The first-order valence-electron chi connectivity index (χ1n) is 6.22. The molecule has 18 heavy (non-hydrogen) atoms. The Morgan fingerprint density at radius 1 is 1.33 bits per heavy atom. The third kappa shape index (κ3) is 2.31. The minimum absolute atomic E-state index is 0.226. The van der Waals surface area contributed by atoms with Gasteiger partial charge in [-0.2, -0.15) is 0 Å². The lowest BCUT2D eigenvalue weighted by Crippen LogP contribution is -2.25. The van der Waals surface area contributed by atoms with Gasteiger partial charge in [0.05, 0.1) is 12.0 Å². The zero-order valence-electron chi connectivity index (χ0n) is 10.8. The van der Waals surface area contributed by atoms with E-state index in [4.69, 9.17) is 4.74 Å². The Hall–Kier alpha value is -1.62. The van der Waals surface area contributed by atoms with Crippen LogP contribution in [0.1, 0.15) is 18.1 Å². The molecule has 0 atom stereocenters. The van der Waals surface area contributed by atoms with Gasteiger partial charge in [-0.05, 0) is 25.5 Å². The van der Waals surface area contributed by atoms with E-state index in [0.717, 1.165) is 49.4 Å². The van der Waals surface area contributed by atoms with Crippen molar-refractivity contribution < 1.29 is 9.66 Å². The number of rotatable bonds is 3. The van der Waals surface area contributed by atoms with Gasteiger partial charge < -0.3 is 9.64 Å². The molecule has 98 valence electrons. The molecule has 0 saturated heterocycles. The van der Waals surface area contributed by atoms with E-state index in [1.165, 1.54) is 0 Å². The monoisotopic (exact) mass is 250 g/mol. The largest absolute Gasteiger partial charge is 0.496 e. The number of fused-ring (bicyclic) bond motifs is 1. The maximum absolute atomic E-state index is 11.1. The maximum atomic E-state index is 11.1. The van der Waals surface area contributed by atoms with Crippen LogP contribution < -0.4 is 4.74 Å². The van der Waals surface area contributed by atoms with Crippen LogP contribution in [-0.2, 0) is 12.8 Å². The molecule has 0 radical (unpaired) electrons. The summed E-state index contributed by atoms with van der Waals surface area (Å²) in [5.41, 5.74) is 2.07. The topological polar surface area (TPSA) is 55.6 Å². The van der Waals surface area contributed by atoms with E-state index < -0.39 is 0 Å². The van der Waals surface area contributed by atoms with E-state index in [-0.39, 0.29) is 10.6 Å². The SMILES string of the molecule is CCN1CCc2c(OC)ccc([N+](=O)[O-])c2CC1. The molecule has 1 aromatic rings.